The van der Waals surface area contributed by atoms with Crippen LogP contribution < -0.4 is 10.1 Å². The molecule has 2 N–H and O–H groups in total. The fourth-order valence-corrected chi connectivity index (χ4v) is 1.92. The predicted molar refractivity (Wildman–Crippen MR) is 73.1 cm³/mol. The molecule has 0 aliphatic rings. The lowest BCUT2D eigenvalue weighted by Gasteiger charge is -2.17. The molecule has 0 fully saturated rings. The number of hydrogen-bond donors (Lipinski definition) is 2. The fourth-order valence-electron chi connectivity index (χ4n) is 1.92. The first-order valence-electron chi connectivity index (χ1n) is 5.99. The average Bonchev–Trinajstić information content (AvgIpc) is 2.38. The zero-order valence-corrected chi connectivity index (χ0v) is 10.9. The highest BCUT2D eigenvalue weighted by Gasteiger charge is 2.11. The molecule has 0 saturated carbocycles. The Labute approximate surface area is 111 Å². The number of anilines is 1. The van der Waals surface area contributed by atoms with Crippen LogP contribution in [0.5, 0.6) is 11.5 Å². The topological polar surface area (TPSA) is 41.5 Å². The summed E-state index contributed by atoms with van der Waals surface area (Å²) in [5.74, 6) is 0.248. The van der Waals surface area contributed by atoms with E-state index in [4.69, 9.17) is 4.74 Å². The van der Waals surface area contributed by atoms with Crippen molar-refractivity contribution in [3.8, 4) is 11.5 Å². The van der Waals surface area contributed by atoms with Crippen molar-refractivity contribution < 1.29 is 14.2 Å². The van der Waals surface area contributed by atoms with Crippen LogP contribution in [-0.4, -0.2) is 12.2 Å². The van der Waals surface area contributed by atoms with Crippen LogP contribution in [0.1, 0.15) is 18.5 Å². The second-order valence-electron chi connectivity index (χ2n) is 4.30. The zero-order chi connectivity index (χ0) is 13.8. The smallest absolute Gasteiger partial charge is 0.126 e. The van der Waals surface area contributed by atoms with E-state index in [2.05, 4.69) is 5.32 Å². The van der Waals surface area contributed by atoms with Crippen LogP contribution in [0.25, 0.3) is 0 Å². The van der Waals surface area contributed by atoms with Crippen LogP contribution >= 0.6 is 0 Å². The Kier molecular flexibility index (Phi) is 3.90. The van der Waals surface area contributed by atoms with Gasteiger partial charge in [0.1, 0.15) is 17.3 Å². The van der Waals surface area contributed by atoms with Crippen molar-refractivity contribution in [2.24, 2.45) is 0 Å². The second kappa shape index (κ2) is 5.61. The molecular weight excluding hydrogens is 245 g/mol. The monoisotopic (exact) mass is 261 g/mol. The minimum Gasteiger partial charge on any atom is -0.507 e. The third-order valence-electron chi connectivity index (χ3n) is 2.91. The summed E-state index contributed by atoms with van der Waals surface area (Å²) in [4.78, 5) is 0. The minimum atomic E-state index is -0.449. The lowest BCUT2D eigenvalue weighted by Crippen LogP contribution is -2.07. The van der Waals surface area contributed by atoms with Gasteiger partial charge in [0, 0.05) is 23.4 Å². The maximum atomic E-state index is 12.9. The molecule has 0 aromatic heterocycles. The van der Waals surface area contributed by atoms with E-state index >= 15 is 0 Å². The van der Waals surface area contributed by atoms with Crippen LogP contribution in [0.2, 0.25) is 0 Å². The van der Waals surface area contributed by atoms with Gasteiger partial charge in [-0.05, 0) is 25.1 Å². The number of nitrogens with one attached hydrogen (secondary N) is 1. The molecule has 19 heavy (non-hydrogen) atoms. The summed E-state index contributed by atoms with van der Waals surface area (Å²) in [5.41, 5.74) is 1.51. The molecule has 2 rings (SSSR count). The van der Waals surface area contributed by atoms with Crippen molar-refractivity contribution in [2.75, 3.05) is 12.4 Å². The maximum Gasteiger partial charge on any atom is 0.126 e. The third kappa shape index (κ3) is 3.16. The molecule has 2 aromatic rings. The number of benzene rings is 2. The van der Waals surface area contributed by atoms with Gasteiger partial charge in [0.05, 0.1) is 13.2 Å². The van der Waals surface area contributed by atoms with E-state index in [1.807, 2.05) is 31.2 Å². The minimum absolute atomic E-state index is 0.0529. The summed E-state index contributed by atoms with van der Waals surface area (Å²) in [6.07, 6.45) is 0. The molecule has 0 aliphatic heterocycles. The quantitative estimate of drug-likeness (QED) is 0.881. The van der Waals surface area contributed by atoms with Crippen LogP contribution in [0, 0.1) is 5.82 Å². The van der Waals surface area contributed by atoms with Crippen LogP contribution in [-0.2, 0) is 0 Å². The largest absolute Gasteiger partial charge is 0.507 e. The van der Waals surface area contributed by atoms with Gasteiger partial charge in [-0.25, -0.2) is 4.39 Å². The number of ether oxygens (including phenoxy) is 1. The van der Waals surface area contributed by atoms with E-state index in [0.717, 1.165) is 17.5 Å². The molecule has 0 aliphatic carbocycles. The molecule has 1 atom stereocenters. The van der Waals surface area contributed by atoms with E-state index in [9.17, 15) is 9.50 Å². The van der Waals surface area contributed by atoms with Gasteiger partial charge in [0.15, 0.2) is 0 Å². The average molecular weight is 261 g/mol. The Bertz CT molecular complexity index is 572. The Morgan fingerprint density at radius 3 is 2.68 bits per heavy atom. The number of phenols is 1. The van der Waals surface area contributed by atoms with Gasteiger partial charge < -0.3 is 15.2 Å². The first-order chi connectivity index (χ1) is 9.10. The van der Waals surface area contributed by atoms with E-state index < -0.39 is 5.82 Å². The molecular formula is C15H16FNO2. The summed E-state index contributed by atoms with van der Waals surface area (Å²) < 4.78 is 18.1. The van der Waals surface area contributed by atoms with Crippen molar-refractivity contribution in [1.29, 1.82) is 0 Å². The number of phenolic OH excluding ortho intramolecular Hbond substituents is 1. The first kappa shape index (κ1) is 13.2. The number of methoxy groups -OCH3 is 1. The van der Waals surface area contributed by atoms with E-state index in [1.54, 1.807) is 13.2 Å². The van der Waals surface area contributed by atoms with Crippen molar-refractivity contribution in [3.05, 3.63) is 53.8 Å². The number of aromatic hydroxyl groups is 1. The Morgan fingerprint density at radius 1 is 1.21 bits per heavy atom. The highest BCUT2D eigenvalue weighted by molar-refractivity contribution is 5.51. The highest BCUT2D eigenvalue weighted by Crippen LogP contribution is 2.28. The standard InChI is InChI=1S/C15H16FNO2/c1-10(14-7-6-11(16)8-15(14)18)17-12-4-3-5-13(9-12)19-2/h3-10,17-18H,1-2H3. The van der Waals surface area contributed by atoms with Crippen molar-refractivity contribution in [1.82, 2.24) is 0 Å². The molecule has 3 nitrogen and oxygen atoms in total. The van der Waals surface area contributed by atoms with Gasteiger partial charge in [-0.15, -0.1) is 0 Å². The third-order valence-corrected chi connectivity index (χ3v) is 2.91. The number of hydrogen-bond acceptors (Lipinski definition) is 3. The van der Waals surface area contributed by atoms with Gasteiger partial charge in [0.25, 0.3) is 0 Å². The molecule has 0 amide bonds. The van der Waals surface area contributed by atoms with Gasteiger partial charge in [-0.1, -0.05) is 12.1 Å². The molecule has 0 bridgehead atoms. The molecule has 1 unspecified atom stereocenters. The van der Waals surface area contributed by atoms with Gasteiger partial charge in [0.2, 0.25) is 0 Å². The summed E-state index contributed by atoms with van der Waals surface area (Å²) in [7, 11) is 1.61. The van der Waals surface area contributed by atoms with Crippen molar-refractivity contribution in [2.45, 2.75) is 13.0 Å². The highest BCUT2D eigenvalue weighted by atomic mass is 19.1. The lowest BCUT2D eigenvalue weighted by atomic mass is 10.1. The molecule has 0 radical (unpaired) electrons. The van der Waals surface area contributed by atoms with Gasteiger partial charge in [-0.2, -0.15) is 0 Å². The molecule has 0 heterocycles. The van der Waals surface area contributed by atoms with Gasteiger partial charge >= 0.3 is 0 Å². The van der Waals surface area contributed by atoms with Crippen LogP contribution in [0.15, 0.2) is 42.5 Å². The lowest BCUT2D eigenvalue weighted by molar-refractivity contribution is 0.415. The second-order valence-corrected chi connectivity index (χ2v) is 4.30. The fraction of sp³-hybridized carbons (Fsp3) is 0.200. The molecule has 2 aromatic carbocycles. The zero-order valence-electron chi connectivity index (χ0n) is 10.9. The molecule has 4 heteroatoms. The Balaban J connectivity index is 2.17. The SMILES string of the molecule is COc1cccc(NC(C)c2ccc(F)cc2O)c1. The van der Waals surface area contributed by atoms with Crippen LogP contribution in [0.4, 0.5) is 10.1 Å². The van der Waals surface area contributed by atoms with Crippen LogP contribution in [0.3, 0.4) is 0 Å². The maximum absolute atomic E-state index is 12.9. The first-order valence-corrected chi connectivity index (χ1v) is 5.99. The molecule has 0 spiro atoms. The molecule has 0 saturated heterocycles. The summed E-state index contributed by atoms with van der Waals surface area (Å²) in [6, 6.07) is 11.4. The number of halogens is 1. The normalized spacial score (nSPS) is 11.9. The Morgan fingerprint density at radius 2 is 2.00 bits per heavy atom. The summed E-state index contributed by atoms with van der Waals surface area (Å²) in [5, 5.41) is 13.0. The summed E-state index contributed by atoms with van der Waals surface area (Å²) >= 11 is 0. The molecule has 100 valence electrons. The number of rotatable bonds is 4. The predicted octanol–water partition coefficient (Wildman–Crippen LogP) is 3.71. The Hall–Kier alpha value is -2.23. The summed E-state index contributed by atoms with van der Waals surface area (Å²) in [6.45, 7) is 1.90. The van der Waals surface area contributed by atoms with E-state index in [1.165, 1.54) is 6.07 Å². The van der Waals surface area contributed by atoms with Gasteiger partial charge in [-0.3, -0.25) is 0 Å². The van der Waals surface area contributed by atoms with Crippen molar-refractivity contribution in [3.63, 3.8) is 0 Å². The van der Waals surface area contributed by atoms with E-state index in [-0.39, 0.29) is 11.8 Å². The van der Waals surface area contributed by atoms with E-state index in [0.29, 0.717) is 5.56 Å². The van der Waals surface area contributed by atoms with Crippen molar-refractivity contribution >= 4 is 5.69 Å².